The van der Waals surface area contributed by atoms with Crippen LogP contribution in [0.3, 0.4) is 0 Å². The highest BCUT2D eigenvalue weighted by molar-refractivity contribution is 7.80. The van der Waals surface area contributed by atoms with E-state index in [1.807, 2.05) is 18.2 Å². The Labute approximate surface area is 151 Å². The quantitative estimate of drug-likeness (QED) is 0.460. The lowest BCUT2D eigenvalue weighted by atomic mass is 9.60. The van der Waals surface area contributed by atoms with Crippen LogP contribution in [0, 0.1) is 0 Å². The second-order valence-electron chi connectivity index (χ2n) is 6.53. The van der Waals surface area contributed by atoms with E-state index in [0.29, 0.717) is 23.6 Å². The molecule has 1 aromatic rings. The van der Waals surface area contributed by atoms with Crippen molar-refractivity contribution in [2.75, 3.05) is 14.2 Å². The predicted molar refractivity (Wildman–Crippen MR) is 96.9 cm³/mol. The van der Waals surface area contributed by atoms with Crippen molar-refractivity contribution >= 4 is 29.1 Å². The lowest BCUT2D eigenvalue weighted by Gasteiger charge is -2.47. The molecule has 3 rings (SSSR count). The zero-order chi connectivity index (χ0) is 18.0. The molecule has 0 saturated heterocycles. The van der Waals surface area contributed by atoms with E-state index >= 15 is 0 Å². The number of methoxy groups -OCH3 is 1. The van der Waals surface area contributed by atoms with Crippen LogP contribution >= 0.6 is 12.2 Å². The molecule has 1 aliphatic carbocycles. The first-order valence-corrected chi connectivity index (χ1v) is 8.59. The molecule has 0 radical (unpaired) electrons. The van der Waals surface area contributed by atoms with Gasteiger partial charge in [-0.3, -0.25) is 20.4 Å². The number of thiocarbonyl (C=S) groups is 1. The van der Waals surface area contributed by atoms with Gasteiger partial charge in [-0.15, -0.1) is 0 Å². The fourth-order valence-corrected chi connectivity index (χ4v) is 3.59. The van der Waals surface area contributed by atoms with Crippen molar-refractivity contribution in [2.45, 2.75) is 37.3 Å². The van der Waals surface area contributed by atoms with Crippen LogP contribution in [-0.2, 0) is 21.5 Å². The van der Waals surface area contributed by atoms with Gasteiger partial charge in [0.2, 0.25) is 5.91 Å². The SMILES string of the molecule is CNC(=S)NNC(=O)CC1(c2ccc3c(c2)C(=O)NC3)CC(OC)C1. The number of hydrogen-bond acceptors (Lipinski definition) is 4. The van der Waals surface area contributed by atoms with Crippen LogP contribution in [-0.4, -0.2) is 37.2 Å². The van der Waals surface area contributed by atoms with Gasteiger partial charge >= 0.3 is 0 Å². The third-order valence-corrected chi connectivity index (χ3v) is 5.32. The first kappa shape index (κ1) is 17.6. The Hall–Kier alpha value is -2.19. The van der Waals surface area contributed by atoms with Gasteiger partial charge in [0.1, 0.15) is 0 Å². The van der Waals surface area contributed by atoms with E-state index in [9.17, 15) is 9.59 Å². The zero-order valence-electron chi connectivity index (χ0n) is 14.3. The molecule has 0 unspecified atom stereocenters. The fourth-order valence-electron chi connectivity index (χ4n) is 3.54. The maximum atomic E-state index is 12.4. The molecule has 1 saturated carbocycles. The molecule has 0 spiro atoms. The molecular weight excluding hydrogens is 340 g/mol. The molecule has 8 heteroatoms. The normalized spacial score (nSPS) is 23.9. The second kappa shape index (κ2) is 6.97. The van der Waals surface area contributed by atoms with Crippen LogP contribution in [0.15, 0.2) is 18.2 Å². The summed E-state index contributed by atoms with van der Waals surface area (Å²) in [4.78, 5) is 24.3. The van der Waals surface area contributed by atoms with Gasteiger partial charge in [-0.1, -0.05) is 12.1 Å². The van der Waals surface area contributed by atoms with Gasteiger partial charge in [-0.2, -0.15) is 0 Å². The molecule has 1 aliphatic heterocycles. The van der Waals surface area contributed by atoms with Gasteiger partial charge in [0, 0.05) is 38.1 Å². The lowest BCUT2D eigenvalue weighted by Crippen LogP contribution is -2.52. The Kier molecular flexibility index (Phi) is 4.91. The Morgan fingerprint density at radius 2 is 2.16 bits per heavy atom. The minimum atomic E-state index is -0.328. The van der Waals surface area contributed by atoms with Gasteiger partial charge in [-0.25, -0.2) is 0 Å². The van der Waals surface area contributed by atoms with E-state index in [-0.39, 0.29) is 23.3 Å². The second-order valence-corrected chi connectivity index (χ2v) is 6.94. The number of carbonyl (C=O) groups excluding carboxylic acids is 2. The van der Waals surface area contributed by atoms with Crippen molar-refractivity contribution in [2.24, 2.45) is 0 Å². The number of benzene rings is 1. The van der Waals surface area contributed by atoms with Crippen LogP contribution < -0.4 is 21.5 Å². The van der Waals surface area contributed by atoms with Gasteiger partial charge in [0.25, 0.3) is 5.91 Å². The number of amides is 2. The minimum absolute atomic E-state index is 0.0555. The molecule has 2 amide bonds. The Morgan fingerprint density at radius 3 is 2.84 bits per heavy atom. The van der Waals surface area contributed by atoms with E-state index in [2.05, 4.69) is 21.5 Å². The van der Waals surface area contributed by atoms with Crippen molar-refractivity contribution in [3.63, 3.8) is 0 Å². The highest BCUT2D eigenvalue weighted by Gasteiger charge is 2.47. The molecule has 0 aromatic heterocycles. The number of hydrazine groups is 1. The van der Waals surface area contributed by atoms with E-state index in [0.717, 1.165) is 24.0 Å². The third-order valence-electron chi connectivity index (χ3n) is 5.02. The molecule has 0 atom stereocenters. The average Bonchev–Trinajstić information content (AvgIpc) is 2.96. The standard InChI is InChI=1S/C17H22N4O3S/c1-18-16(25)21-20-14(22)8-17(6-12(7-17)24-2)11-4-3-10-9-19-15(23)13(10)5-11/h3-5,12H,6-9H2,1-2H3,(H,19,23)(H,20,22)(H2,18,21,25). The number of fused-ring (bicyclic) bond motifs is 1. The molecule has 1 fully saturated rings. The summed E-state index contributed by atoms with van der Waals surface area (Å²) in [5, 5.41) is 5.91. The molecule has 134 valence electrons. The summed E-state index contributed by atoms with van der Waals surface area (Å²) in [6, 6.07) is 5.91. The summed E-state index contributed by atoms with van der Waals surface area (Å²) < 4.78 is 5.42. The summed E-state index contributed by atoms with van der Waals surface area (Å²) in [6.07, 6.45) is 1.91. The smallest absolute Gasteiger partial charge is 0.251 e. The van der Waals surface area contributed by atoms with E-state index < -0.39 is 0 Å². The zero-order valence-corrected chi connectivity index (χ0v) is 15.1. The van der Waals surface area contributed by atoms with Crippen molar-refractivity contribution in [1.29, 1.82) is 0 Å². The average molecular weight is 362 g/mol. The molecule has 0 bridgehead atoms. The van der Waals surface area contributed by atoms with Gasteiger partial charge in [0.15, 0.2) is 5.11 Å². The van der Waals surface area contributed by atoms with E-state index in [1.54, 1.807) is 14.2 Å². The topological polar surface area (TPSA) is 91.5 Å². The van der Waals surface area contributed by atoms with E-state index in [4.69, 9.17) is 17.0 Å². The number of rotatable bonds is 4. The minimum Gasteiger partial charge on any atom is -0.381 e. The fraction of sp³-hybridized carbons (Fsp3) is 0.471. The predicted octanol–water partition coefficient (Wildman–Crippen LogP) is 0.492. The first-order chi connectivity index (χ1) is 12.0. The number of hydrogen-bond donors (Lipinski definition) is 4. The van der Waals surface area contributed by atoms with Crippen molar-refractivity contribution in [3.8, 4) is 0 Å². The van der Waals surface area contributed by atoms with Crippen molar-refractivity contribution in [3.05, 3.63) is 34.9 Å². The van der Waals surface area contributed by atoms with Crippen LogP contribution in [0.2, 0.25) is 0 Å². The summed E-state index contributed by atoms with van der Waals surface area (Å²) in [5.41, 5.74) is 7.64. The van der Waals surface area contributed by atoms with Gasteiger partial charge < -0.3 is 15.4 Å². The van der Waals surface area contributed by atoms with Crippen LogP contribution in [0.25, 0.3) is 0 Å². The van der Waals surface area contributed by atoms with Crippen LogP contribution in [0.4, 0.5) is 0 Å². The Morgan fingerprint density at radius 1 is 1.40 bits per heavy atom. The molecule has 1 heterocycles. The highest BCUT2D eigenvalue weighted by Crippen LogP contribution is 2.48. The summed E-state index contributed by atoms with van der Waals surface area (Å²) in [5.74, 6) is -0.211. The van der Waals surface area contributed by atoms with E-state index in [1.165, 1.54) is 0 Å². The molecule has 1 aromatic carbocycles. The number of carbonyl (C=O) groups is 2. The molecule has 7 nitrogen and oxygen atoms in total. The Balaban J connectivity index is 1.78. The summed E-state index contributed by atoms with van der Waals surface area (Å²) in [7, 11) is 3.35. The number of nitrogens with one attached hydrogen (secondary N) is 4. The Bertz CT molecular complexity index is 716. The lowest BCUT2D eigenvalue weighted by molar-refractivity contribution is -0.125. The maximum absolute atomic E-state index is 12.4. The maximum Gasteiger partial charge on any atom is 0.251 e. The molecule has 25 heavy (non-hydrogen) atoms. The van der Waals surface area contributed by atoms with Gasteiger partial charge in [-0.05, 0) is 42.3 Å². The van der Waals surface area contributed by atoms with Gasteiger partial charge in [0.05, 0.1) is 6.10 Å². The summed E-state index contributed by atoms with van der Waals surface area (Å²) in [6.45, 7) is 0.564. The third kappa shape index (κ3) is 3.45. The molecular formula is C17H22N4O3S. The highest BCUT2D eigenvalue weighted by atomic mass is 32.1. The molecule has 4 N–H and O–H groups in total. The van der Waals surface area contributed by atoms with Crippen molar-refractivity contribution < 1.29 is 14.3 Å². The van der Waals surface area contributed by atoms with Crippen molar-refractivity contribution in [1.82, 2.24) is 21.5 Å². The summed E-state index contributed by atoms with van der Waals surface area (Å²) >= 11 is 4.95. The number of ether oxygens (including phenoxy) is 1. The first-order valence-electron chi connectivity index (χ1n) is 8.18. The van der Waals surface area contributed by atoms with Crippen LogP contribution in [0.1, 0.15) is 40.7 Å². The molecule has 2 aliphatic rings. The monoisotopic (exact) mass is 362 g/mol. The van der Waals surface area contributed by atoms with Crippen LogP contribution in [0.5, 0.6) is 0 Å². The largest absolute Gasteiger partial charge is 0.381 e.